The van der Waals surface area contributed by atoms with Crippen molar-refractivity contribution in [1.29, 1.82) is 0 Å². The lowest BCUT2D eigenvalue weighted by molar-refractivity contribution is -0.154. The van der Waals surface area contributed by atoms with Gasteiger partial charge in [-0.2, -0.15) is 0 Å². The summed E-state index contributed by atoms with van der Waals surface area (Å²) < 4.78 is 0. The van der Waals surface area contributed by atoms with Gasteiger partial charge in [0.1, 0.15) is 5.01 Å². The SMILES string of the molecule is O=C(NCc1ncc(Cc2ccc(Cl)cc2)s1)[C@H](O)[C@@H](O)C(=O)N1CCCC1C1CCCCC1. The fourth-order valence-corrected chi connectivity index (χ4v) is 6.13. The molecule has 1 saturated heterocycles. The zero-order valence-electron chi connectivity index (χ0n) is 19.2. The minimum Gasteiger partial charge on any atom is -0.380 e. The number of carbonyl (C=O) groups excluding carboxylic acids is 2. The van der Waals surface area contributed by atoms with Gasteiger partial charge in [0, 0.05) is 35.1 Å². The maximum Gasteiger partial charge on any atom is 0.254 e. The van der Waals surface area contributed by atoms with Gasteiger partial charge in [-0.3, -0.25) is 9.59 Å². The Hall–Kier alpha value is -2.00. The smallest absolute Gasteiger partial charge is 0.254 e. The van der Waals surface area contributed by atoms with E-state index in [4.69, 9.17) is 11.6 Å². The summed E-state index contributed by atoms with van der Waals surface area (Å²) in [7, 11) is 0. The molecule has 34 heavy (non-hydrogen) atoms. The molecule has 9 heteroatoms. The Labute approximate surface area is 209 Å². The van der Waals surface area contributed by atoms with E-state index < -0.39 is 24.0 Å². The lowest BCUT2D eigenvalue weighted by atomic mass is 9.83. The molecule has 1 unspecified atom stereocenters. The molecule has 0 bridgehead atoms. The van der Waals surface area contributed by atoms with Gasteiger partial charge in [0.15, 0.2) is 12.2 Å². The molecule has 3 N–H and O–H groups in total. The van der Waals surface area contributed by atoms with Gasteiger partial charge in [0.25, 0.3) is 11.8 Å². The third kappa shape index (κ3) is 6.16. The van der Waals surface area contributed by atoms with Crippen LogP contribution in [-0.2, 0) is 22.6 Å². The first-order valence-corrected chi connectivity index (χ1v) is 13.2. The number of aliphatic hydroxyl groups is 2. The third-order valence-corrected chi connectivity index (χ3v) is 8.15. The molecule has 1 aromatic carbocycles. The molecule has 1 aliphatic heterocycles. The Morgan fingerprint density at radius 3 is 2.56 bits per heavy atom. The monoisotopic (exact) mass is 505 g/mol. The Bertz CT molecular complexity index is 977. The number of carbonyl (C=O) groups is 2. The summed E-state index contributed by atoms with van der Waals surface area (Å²) >= 11 is 7.38. The minimum atomic E-state index is -1.81. The quantitative estimate of drug-likeness (QED) is 0.511. The zero-order chi connectivity index (χ0) is 24.1. The number of nitrogens with zero attached hydrogens (tertiary/aromatic N) is 2. The van der Waals surface area contributed by atoms with Crippen molar-refractivity contribution in [3.63, 3.8) is 0 Å². The highest BCUT2D eigenvalue weighted by Crippen LogP contribution is 2.34. The van der Waals surface area contributed by atoms with Gasteiger partial charge in [-0.25, -0.2) is 4.98 Å². The van der Waals surface area contributed by atoms with Crippen LogP contribution in [0.2, 0.25) is 5.02 Å². The molecule has 2 heterocycles. The standard InChI is InChI=1S/C25H32ClN3O4S/c26-18-10-8-16(9-11-18)13-19-14-27-21(34-19)15-28-24(32)22(30)23(31)25(33)29-12-4-7-20(29)17-5-2-1-3-6-17/h8-11,14,17,20,22-23,30-31H,1-7,12-13,15H2,(H,28,32)/t20?,22-,23-/m1/s1. The van der Waals surface area contributed by atoms with E-state index in [-0.39, 0.29) is 12.6 Å². The molecule has 2 aromatic rings. The van der Waals surface area contributed by atoms with E-state index in [0.717, 1.165) is 36.1 Å². The first-order chi connectivity index (χ1) is 16.4. The maximum atomic E-state index is 12.9. The van der Waals surface area contributed by atoms with Crippen molar-refractivity contribution in [2.45, 2.75) is 76.2 Å². The summed E-state index contributed by atoms with van der Waals surface area (Å²) in [5.74, 6) is -0.871. The molecule has 0 radical (unpaired) electrons. The second-order valence-corrected chi connectivity index (χ2v) is 10.9. The Morgan fingerprint density at radius 1 is 1.09 bits per heavy atom. The van der Waals surface area contributed by atoms with E-state index in [1.165, 1.54) is 30.6 Å². The molecule has 184 valence electrons. The van der Waals surface area contributed by atoms with Gasteiger partial charge in [-0.1, -0.05) is 43.0 Å². The predicted molar refractivity (Wildman–Crippen MR) is 132 cm³/mol. The Kier molecular flexibility index (Phi) is 8.58. The summed E-state index contributed by atoms with van der Waals surface area (Å²) in [6, 6.07) is 7.70. The molecule has 1 aliphatic carbocycles. The lowest BCUT2D eigenvalue weighted by Crippen LogP contribution is -2.52. The average molecular weight is 506 g/mol. The molecule has 2 aliphatic rings. The molecule has 1 saturated carbocycles. The average Bonchev–Trinajstić information content (AvgIpc) is 3.53. The molecular weight excluding hydrogens is 474 g/mol. The van der Waals surface area contributed by atoms with Crippen LogP contribution in [0.25, 0.3) is 0 Å². The number of aromatic nitrogens is 1. The number of likely N-dealkylation sites (tertiary alicyclic amines) is 1. The number of halogens is 1. The first-order valence-electron chi connectivity index (χ1n) is 12.0. The van der Waals surface area contributed by atoms with Gasteiger partial charge < -0.3 is 20.4 Å². The van der Waals surface area contributed by atoms with Gasteiger partial charge in [0.2, 0.25) is 0 Å². The number of amides is 2. The minimum absolute atomic E-state index is 0.104. The van der Waals surface area contributed by atoms with Crippen molar-refractivity contribution >= 4 is 34.8 Å². The van der Waals surface area contributed by atoms with Crippen LogP contribution in [0.15, 0.2) is 30.5 Å². The number of rotatable bonds is 8. The summed E-state index contributed by atoms with van der Waals surface area (Å²) in [5.41, 5.74) is 1.11. The molecule has 7 nitrogen and oxygen atoms in total. The summed E-state index contributed by atoms with van der Waals surface area (Å²) in [6.07, 6.45) is 6.49. The predicted octanol–water partition coefficient (Wildman–Crippen LogP) is 3.30. The Balaban J connectivity index is 1.28. The fraction of sp³-hybridized carbons (Fsp3) is 0.560. The van der Waals surface area contributed by atoms with Crippen LogP contribution < -0.4 is 5.32 Å². The van der Waals surface area contributed by atoms with E-state index in [2.05, 4.69) is 10.3 Å². The van der Waals surface area contributed by atoms with Crippen LogP contribution in [0.4, 0.5) is 0 Å². The van der Waals surface area contributed by atoms with Crippen LogP contribution in [0.3, 0.4) is 0 Å². The van der Waals surface area contributed by atoms with Crippen molar-refractivity contribution < 1.29 is 19.8 Å². The molecule has 4 rings (SSSR count). The summed E-state index contributed by atoms with van der Waals surface area (Å²) in [6.45, 7) is 0.692. The van der Waals surface area contributed by atoms with Crippen molar-refractivity contribution in [2.24, 2.45) is 5.92 Å². The zero-order valence-corrected chi connectivity index (χ0v) is 20.7. The molecule has 2 fully saturated rings. The van der Waals surface area contributed by atoms with Gasteiger partial charge in [-0.05, 0) is 49.3 Å². The van der Waals surface area contributed by atoms with Gasteiger partial charge in [0.05, 0.1) is 6.54 Å². The second-order valence-electron chi connectivity index (χ2n) is 9.27. The molecule has 2 amide bonds. The lowest BCUT2D eigenvalue weighted by Gasteiger charge is -2.35. The van der Waals surface area contributed by atoms with Crippen molar-refractivity contribution in [3.05, 3.63) is 50.9 Å². The van der Waals surface area contributed by atoms with Gasteiger partial charge >= 0.3 is 0 Å². The van der Waals surface area contributed by atoms with Crippen LogP contribution in [0, 0.1) is 5.92 Å². The summed E-state index contributed by atoms with van der Waals surface area (Å²) in [4.78, 5) is 32.4. The first kappa shape index (κ1) is 25.1. The number of nitrogens with one attached hydrogen (secondary N) is 1. The summed E-state index contributed by atoms with van der Waals surface area (Å²) in [5, 5.41) is 24.8. The van der Waals surface area contributed by atoms with Crippen LogP contribution >= 0.6 is 22.9 Å². The molecule has 0 spiro atoms. The number of thiazole rings is 1. The van der Waals surface area contributed by atoms with Crippen LogP contribution in [-0.4, -0.2) is 56.7 Å². The maximum absolute atomic E-state index is 12.9. The van der Waals surface area contributed by atoms with Crippen molar-refractivity contribution in [1.82, 2.24) is 15.2 Å². The second kappa shape index (κ2) is 11.6. The highest BCUT2D eigenvalue weighted by molar-refractivity contribution is 7.11. The molecule has 3 atom stereocenters. The topological polar surface area (TPSA) is 103 Å². The van der Waals surface area contributed by atoms with E-state index in [1.807, 2.05) is 24.3 Å². The van der Waals surface area contributed by atoms with Gasteiger partial charge in [-0.15, -0.1) is 11.3 Å². The normalized spacial score (nSPS) is 20.8. The van der Waals surface area contributed by atoms with Crippen LogP contribution in [0.1, 0.15) is 60.4 Å². The molecular formula is C25H32ClN3O4S. The highest BCUT2D eigenvalue weighted by atomic mass is 35.5. The number of aliphatic hydroxyl groups excluding tert-OH is 2. The van der Waals surface area contributed by atoms with Crippen molar-refractivity contribution in [2.75, 3.05) is 6.54 Å². The van der Waals surface area contributed by atoms with E-state index in [9.17, 15) is 19.8 Å². The third-order valence-electron chi connectivity index (χ3n) is 6.90. The number of hydrogen-bond acceptors (Lipinski definition) is 6. The van der Waals surface area contributed by atoms with Crippen LogP contribution in [0.5, 0.6) is 0 Å². The highest BCUT2D eigenvalue weighted by Gasteiger charge is 2.40. The van der Waals surface area contributed by atoms with E-state index in [1.54, 1.807) is 11.1 Å². The van der Waals surface area contributed by atoms with E-state index in [0.29, 0.717) is 28.9 Å². The number of hydrogen-bond donors (Lipinski definition) is 3. The fourth-order valence-electron chi connectivity index (χ4n) is 5.11. The Morgan fingerprint density at radius 2 is 1.82 bits per heavy atom. The van der Waals surface area contributed by atoms with Crippen molar-refractivity contribution in [3.8, 4) is 0 Å². The largest absolute Gasteiger partial charge is 0.380 e. The number of benzene rings is 1. The molecule has 1 aromatic heterocycles. The van der Waals surface area contributed by atoms with E-state index >= 15 is 0 Å².